The zero-order valence-electron chi connectivity index (χ0n) is 9.70. The minimum atomic E-state index is 1.06. The van der Waals surface area contributed by atoms with Gasteiger partial charge >= 0.3 is 0 Å². The van der Waals surface area contributed by atoms with Gasteiger partial charge in [0.15, 0.2) is 0 Å². The summed E-state index contributed by atoms with van der Waals surface area (Å²) >= 11 is 3.65. The van der Waals surface area contributed by atoms with Gasteiger partial charge < -0.3 is 0 Å². The molecule has 3 aromatic carbocycles. The van der Waals surface area contributed by atoms with Crippen molar-refractivity contribution < 1.29 is 0 Å². The Morgan fingerprint density at radius 2 is 1.65 bits per heavy atom. The Morgan fingerprint density at radius 1 is 0.882 bits per heavy atom. The van der Waals surface area contributed by atoms with Gasteiger partial charge in [0.25, 0.3) is 0 Å². The standard InChI is InChI=1S/C16H13Br/c1-2-12-13-7-4-3-6-11(13)10-15-14(12)8-5-9-16(15)17/h3-10H,2H2,1H3. The van der Waals surface area contributed by atoms with Crippen LogP contribution in [-0.2, 0) is 6.42 Å². The van der Waals surface area contributed by atoms with Gasteiger partial charge in [-0.25, -0.2) is 0 Å². The summed E-state index contributed by atoms with van der Waals surface area (Å²) in [5, 5.41) is 5.37. The van der Waals surface area contributed by atoms with E-state index in [1.165, 1.54) is 31.6 Å². The van der Waals surface area contributed by atoms with Crippen LogP contribution in [0.2, 0.25) is 0 Å². The lowest BCUT2D eigenvalue weighted by Crippen LogP contribution is -1.87. The minimum Gasteiger partial charge on any atom is -0.0616 e. The number of hydrogen-bond donors (Lipinski definition) is 0. The molecule has 0 fully saturated rings. The van der Waals surface area contributed by atoms with Crippen LogP contribution in [0.15, 0.2) is 53.0 Å². The lowest BCUT2D eigenvalue weighted by atomic mass is 9.95. The van der Waals surface area contributed by atoms with Crippen LogP contribution in [0.1, 0.15) is 12.5 Å². The Balaban J connectivity index is 2.58. The van der Waals surface area contributed by atoms with Crippen molar-refractivity contribution in [2.24, 2.45) is 0 Å². The number of rotatable bonds is 1. The van der Waals surface area contributed by atoms with Crippen LogP contribution >= 0.6 is 15.9 Å². The molecular formula is C16H13Br. The first-order valence-corrected chi connectivity index (χ1v) is 6.69. The lowest BCUT2D eigenvalue weighted by molar-refractivity contribution is 1.18. The Hall–Kier alpha value is -1.34. The first-order chi connectivity index (χ1) is 8.31. The molecule has 0 N–H and O–H groups in total. The fraction of sp³-hybridized carbons (Fsp3) is 0.125. The van der Waals surface area contributed by atoms with Gasteiger partial charge in [0.05, 0.1) is 0 Å². The van der Waals surface area contributed by atoms with Crippen molar-refractivity contribution in [2.45, 2.75) is 13.3 Å². The largest absolute Gasteiger partial charge is 0.0616 e. The van der Waals surface area contributed by atoms with Gasteiger partial charge in [-0.05, 0) is 45.7 Å². The van der Waals surface area contributed by atoms with Crippen LogP contribution in [0.25, 0.3) is 21.5 Å². The van der Waals surface area contributed by atoms with Crippen LogP contribution in [0.5, 0.6) is 0 Å². The summed E-state index contributed by atoms with van der Waals surface area (Å²) in [6.45, 7) is 2.22. The molecule has 0 aliphatic carbocycles. The predicted octanol–water partition coefficient (Wildman–Crippen LogP) is 5.32. The van der Waals surface area contributed by atoms with Gasteiger partial charge in [-0.2, -0.15) is 0 Å². The fourth-order valence-corrected chi connectivity index (χ4v) is 3.01. The van der Waals surface area contributed by atoms with Crippen LogP contribution in [0.3, 0.4) is 0 Å². The van der Waals surface area contributed by atoms with E-state index < -0.39 is 0 Å². The quantitative estimate of drug-likeness (QED) is 0.531. The molecule has 0 saturated heterocycles. The number of aryl methyl sites for hydroxylation is 1. The van der Waals surface area contributed by atoms with Crippen molar-refractivity contribution in [2.75, 3.05) is 0 Å². The summed E-state index contributed by atoms with van der Waals surface area (Å²) < 4.78 is 1.18. The third-order valence-electron chi connectivity index (χ3n) is 3.32. The van der Waals surface area contributed by atoms with Crippen molar-refractivity contribution in [1.82, 2.24) is 0 Å². The van der Waals surface area contributed by atoms with E-state index in [0.29, 0.717) is 0 Å². The maximum absolute atomic E-state index is 3.65. The van der Waals surface area contributed by atoms with Crippen molar-refractivity contribution in [3.8, 4) is 0 Å². The highest BCUT2D eigenvalue weighted by Gasteiger charge is 2.07. The van der Waals surface area contributed by atoms with E-state index in [1.807, 2.05) is 0 Å². The molecule has 17 heavy (non-hydrogen) atoms. The Bertz CT molecular complexity index is 698. The normalized spacial score (nSPS) is 11.2. The molecule has 0 saturated carbocycles. The summed E-state index contributed by atoms with van der Waals surface area (Å²) in [5.74, 6) is 0. The van der Waals surface area contributed by atoms with E-state index in [9.17, 15) is 0 Å². The second-order valence-electron chi connectivity index (χ2n) is 4.26. The molecule has 0 atom stereocenters. The highest BCUT2D eigenvalue weighted by Crippen LogP contribution is 2.32. The summed E-state index contributed by atoms with van der Waals surface area (Å²) in [7, 11) is 0. The first-order valence-electron chi connectivity index (χ1n) is 5.90. The molecule has 84 valence electrons. The summed E-state index contributed by atoms with van der Waals surface area (Å²) in [4.78, 5) is 0. The van der Waals surface area contributed by atoms with Crippen LogP contribution in [0.4, 0.5) is 0 Å². The maximum atomic E-state index is 3.65. The van der Waals surface area contributed by atoms with Gasteiger partial charge in [-0.1, -0.05) is 59.3 Å². The predicted molar refractivity (Wildman–Crippen MR) is 78.5 cm³/mol. The molecule has 0 amide bonds. The molecule has 0 bridgehead atoms. The van der Waals surface area contributed by atoms with Crippen molar-refractivity contribution in [1.29, 1.82) is 0 Å². The molecule has 1 heteroatoms. The number of halogens is 1. The van der Waals surface area contributed by atoms with Crippen LogP contribution in [0, 0.1) is 0 Å². The monoisotopic (exact) mass is 284 g/mol. The first kappa shape index (κ1) is 10.8. The summed E-state index contributed by atoms with van der Waals surface area (Å²) in [5.41, 5.74) is 1.44. The highest BCUT2D eigenvalue weighted by atomic mass is 79.9. The SMILES string of the molecule is CCc1c2ccccc2cc2c(Br)cccc12. The molecule has 3 aromatic rings. The Morgan fingerprint density at radius 3 is 2.47 bits per heavy atom. The van der Waals surface area contributed by atoms with E-state index in [-0.39, 0.29) is 0 Å². The smallest absolute Gasteiger partial charge is 0.0254 e. The van der Waals surface area contributed by atoms with E-state index in [1.54, 1.807) is 0 Å². The van der Waals surface area contributed by atoms with Gasteiger partial charge in [0.2, 0.25) is 0 Å². The second kappa shape index (κ2) is 4.15. The van der Waals surface area contributed by atoms with E-state index >= 15 is 0 Å². The third kappa shape index (κ3) is 1.66. The molecular weight excluding hydrogens is 272 g/mol. The summed E-state index contributed by atoms with van der Waals surface area (Å²) in [6, 6.07) is 17.3. The van der Waals surface area contributed by atoms with Crippen LogP contribution in [-0.4, -0.2) is 0 Å². The van der Waals surface area contributed by atoms with E-state index in [2.05, 4.69) is 71.4 Å². The molecule has 0 aliphatic heterocycles. The average Bonchev–Trinajstić information content (AvgIpc) is 2.37. The second-order valence-corrected chi connectivity index (χ2v) is 5.12. The Kier molecular flexibility index (Phi) is 2.64. The number of benzene rings is 3. The van der Waals surface area contributed by atoms with Crippen molar-refractivity contribution >= 4 is 37.5 Å². The lowest BCUT2D eigenvalue weighted by Gasteiger charge is -2.10. The van der Waals surface area contributed by atoms with Gasteiger partial charge in [-0.3, -0.25) is 0 Å². The molecule has 0 nitrogen and oxygen atoms in total. The zero-order valence-corrected chi connectivity index (χ0v) is 11.3. The number of hydrogen-bond acceptors (Lipinski definition) is 0. The van der Waals surface area contributed by atoms with Crippen molar-refractivity contribution in [3.63, 3.8) is 0 Å². The molecule has 0 heterocycles. The van der Waals surface area contributed by atoms with Gasteiger partial charge in [0, 0.05) is 4.47 Å². The fourth-order valence-electron chi connectivity index (χ4n) is 2.53. The molecule has 0 spiro atoms. The third-order valence-corrected chi connectivity index (χ3v) is 4.01. The maximum Gasteiger partial charge on any atom is 0.0254 e. The average molecular weight is 285 g/mol. The van der Waals surface area contributed by atoms with E-state index in [0.717, 1.165) is 6.42 Å². The molecule has 0 unspecified atom stereocenters. The van der Waals surface area contributed by atoms with Crippen molar-refractivity contribution in [3.05, 3.63) is 58.6 Å². The molecule has 0 aliphatic rings. The number of fused-ring (bicyclic) bond motifs is 2. The van der Waals surface area contributed by atoms with Crippen LogP contribution < -0.4 is 0 Å². The van der Waals surface area contributed by atoms with E-state index in [4.69, 9.17) is 0 Å². The van der Waals surface area contributed by atoms with Gasteiger partial charge in [-0.15, -0.1) is 0 Å². The molecule has 0 aromatic heterocycles. The zero-order chi connectivity index (χ0) is 11.8. The van der Waals surface area contributed by atoms with Gasteiger partial charge in [0.1, 0.15) is 0 Å². The molecule has 0 radical (unpaired) electrons. The highest BCUT2D eigenvalue weighted by molar-refractivity contribution is 9.10. The molecule has 3 rings (SSSR count). The topological polar surface area (TPSA) is 0 Å². The summed E-state index contributed by atoms with van der Waals surface area (Å²) in [6.07, 6.45) is 1.06. The minimum absolute atomic E-state index is 1.06. The Labute approximate surface area is 109 Å².